The van der Waals surface area contributed by atoms with E-state index in [2.05, 4.69) is 4.98 Å². The number of nitrogens with zero attached hydrogens (tertiary/aromatic N) is 2. The summed E-state index contributed by atoms with van der Waals surface area (Å²) < 4.78 is 29.0. The number of hydrogen-bond donors (Lipinski definition) is 1. The van der Waals surface area contributed by atoms with Crippen LogP contribution in [0.2, 0.25) is 0 Å². The molecule has 1 N–H and O–H groups in total. The standard InChI is InChI=1S/C21H19F2N3O3/c22-14-7-9-25(10-8-14)20(28)16-11-13(5-6-17(16)23)12-26-18-4-2-1-3-15(18)19(27)24-21(26)29/h1-6,11,14H,7-10,12H2,(H,24,27,29). The van der Waals surface area contributed by atoms with Gasteiger partial charge in [-0.3, -0.25) is 19.1 Å². The fourth-order valence-corrected chi connectivity index (χ4v) is 3.64. The second kappa shape index (κ2) is 7.62. The molecule has 1 aliphatic heterocycles. The van der Waals surface area contributed by atoms with Gasteiger partial charge in [0.1, 0.15) is 12.0 Å². The van der Waals surface area contributed by atoms with Crippen molar-refractivity contribution in [3.8, 4) is 0 Å². The largest absolute Gasteiger partial charge is 0.338 e. The zero-order valence-corrected chi connectivity index (χ0v) is 15.5. The van der Waals surface area contributed by atoms with Crippen LogP contribution in [0.4, 0.5) is 8.78 Å². The maximum atomic E-state index is 14.3. The van der Waals surface area contributed by atoms with Crippen LogP contribution >= 0.6 is 0 Å². The Morgan fingerprint density at radius 2 is 1.83 bits per heavy atom. The van der Waals surface area contributed by atoms with E-state index in [9.17, 15) is 23.2 Å². The van der Waals surface area contributed by atoms with E-state index in [1.54, 1.807) is 24.3 Å². The molecule has 8 heteroatoms. The Labute approximate surface area is 164 Å². The predicted molar refractivity (Wildman–Crippen MR) is 104 cm³/mol. The van der Waals surface area contributed by atoms with Crippen LogP contribution in [0.1, 0.15) is 28.8 Å². The van der Waals surface area contributed by atoms with Gasteiger partial charge in [-0.25, -0.2) is 13.6 Å². The van der Waals surface area contributed by atoms with E-state index in [0.717, 1.165) is 0 Å². The van der Waals surface area contributed by atoms with Gasteiger partial charge in [0.25, 0.3) is 11.5 Å². The van der Waals surface area contributed by atoms with Crippen molar-refractivity contribution in [2.24, 2.45) is 0 Å². The SMILES string of the molecule is O=C(c1cc(Cn2c(=O)[nH]c(=O)c3ccccc32)ccc1F)N1CCC(F)CC1. The van der Waals surface area contributed by atoms with E-state index in [0.29, 0.717) is 16.5 Å². The Bertz CT molecular complexity index is 1190. The van der Waals surface area contributed by atoms with Crippen molar-refractivity contribution in [1.82, 2.24) is 14.5 Å². The van der Waals surface area contributed by atoms with Crippen LogP contribution in [-0.2, 0) is 6.54 Å². The van der Waals surface area contributed by atoms with E-state index in [4.69, 9.17) is 0 Å². The molecule has 6 nitrogen and oxygen atoms in total. The summed E-state index contributed by atoms with van der Waals surface area (Å²) in [6.45, 7) is 0.546. The van der Waals surface area contributed by atoms with Crippen molar-refractivity contribution in [3.63, 3.8) is 0 Å². The predicted octanol–water partition coefficient (Wildman–Crippen LogP) is 2.45. The molecule has 1 aliphatic rings. The Morgan fingerprint density at radius 3 is 2.59 bits per heavy atom. The number of alkyl halides is 1. The topological polar surface area (TPSA) is 75.2 Å². The van der Waals surface area contributed by atoms with Crippen LogP contribution in [-0.4, -0.2) is 39.6 Å². The number of aromatic nitrogens is 2. The Hall–Kier alpha value is -3.29. The molecule has 2 heterocycles. The molecule has 2 aromatic carbocycles. The fourth-order valence-electron chi connectivity index (χ4n) is 3.64. The summed E-state index contributed by atoms with van der Waals surface area (Å²) in [5.74, 6) is -1.16. The van der Waals surface area contributed by atoms with Crippen LogP contribution in [0.5, 0.6) is 0 Å². The number of rotatable bonds is 3. The first-order valence-electron chi connectivity index (χ1n) is 9.37. The summed E-state index contributed by atoms with van der Waals surface area (Å²) in [6, 6.07) is 10.8. The molecule has 0 spiro atoms. The number of piperidine rings is 1. The minimum Gasteiger partial charge on any atom is -0.338 e. The van der Waals surface area contributed by atoms with Crippen LogP contribution in [0, 0.1) is 5.82 Å². The minimum absolute atomic E-state index is 0.0588. The number of benzene rings is 2. The lowest BCUT2D eigenvalue weighted by Crippen LogP contribution is -2.39. The third-order valence-corrected chi connectivity index (χ3v) is 5.22. The van der Waals surface area contributed by atoms with Gasteiger partial charge < -0.3 is 4.90 Å². The molecule has 0 atom stereocenters. The number of carbonyl (C=O) groups is 1. The number of fused-ring (bicyclic) bond motifs is 1. The first-order valence-corrected chi connectivity index (χ1v) is 9.37. The molecule has 1 saturated heterocycles. The van der Waals surface area contributed by atoms with E-state index in [1.807, 2.05) is 0 Å². The van der Waals surface area contributed by atoms with Crippen LogP contribution in [0.25, 0.3) is 10.9 Å². The molecule has 1 amide bonds. The second-order valence-corrected chi connectivity index (χ2v) is 7.14. The highest BCUT2D eigenvalue weighted by molar-refractivity contribution is 5.94. The quantitative estimate of drug-likeness (QED) is 0.735. The van der Waals surface area contributed by atoms with Crippen molar-refractivity contribution in [2.45, 2.75) is 25.6 Å². The lowest BCUT2D eigenvalue weighted by atomic mass is 10.1. The molecule has 1 aromatic heterocycles. The molecule has 4 rings (SSSR count). The van der Waals surface area contributed by atoms with Crippen LogP contribution in [0.15, 0.2) is 52.1 Å². The molecule has 0 saturated carbocycles. The average molecular weight is 399 g/mol. The van der Waals surface area contributed by atoms with Crippen LogP contribution in [0.3, 0.4) is 0 Å². The zero-order valence-electron chi connectivity index (χ0n) is 15.5. The van der Waals surface area contributed by atoms with Crippen molar-refractivity contribution >= 4 is 16.8 Å². The number of nitrogens with one attached hydrogen (secondary N) is 1. The molecule has 29 heavy (non-hydrogen) atoms. The molecule has 3 aromatic rings. The van der Waals surface area contributed by atoms with Gasteiger partial charge in [0, 0.05) is 13.1 Å². The molecule has 0 unspecified atom stereocenters. The molecule has 0 radical (unpaired) electrons. The Balaban J connectivity index is 1.69. The van der Waals surface area contributed by atoms with Gasteiger partial charge in [0.15, 0.2) is 0 Å². The minimum atomic E-state index is -0.935. The lowest BCUT2D eigenvalue weighted by Gasteiger charge is -2.29. The van der Waals surface area contributed by atoms with Gasteiger partial charge in [0.05, 0.1) is 23.0 Å². The monoisotopic (exact) mass is 399 g/mol. The van der Waals surface area contributed by atoms with Gasteiger partial charge >= 0.3 is 5.69 Å². The number of carbonyl (C=O) groups excluding carboxylic acids is 1. The van der Waals surface area contributed by atoms with Gasteiger partial charge in [-0.2, -0.15) is 0 Å². The fraction of sp³-hybridized carbons (Fsp3) is 0.286. The van der Waals surface area contributed by atoms with Crippen molar-refractivity contribution in [3.05, 3.63) is 80.2 Å². The summed E-state index contributed by atoms with van der Waals surface area (Å²) in [5.41, 5.74) is -0.191. The number of likely N-dealkylation sites (tertiary alicyclic amines) is 1. The van der Waals surface area contributed by atoms with E-state index >= 15 is 0 Å². The molecular weight excluding hydrogens is 380 g/mol. The number of aromatic amines is 1. The molecule has 0 aliphatic carbocycles. The highest BCUT2D eigenvalue weighted by atomic mass is 19.1. The lowest BCUT2D eigenvalue weighted by molar-refractivity contribution is 0.0662. The van der Waals surface area contributed by atoms with E-state index in [-0.39, 0.29) is 38.0 Å². The Morgan fingerprint density at radius 1 is 1.10 bits per heavy atom. The third kappa shape index (κ3) is 3.70. The normalized spacial score (nSPS) is 15.0. The van der Waals surface area contributed by atoms with Gasteiger partial charge in [-0.1, -0.05) is 18.2 Å². The maximum Gasteiger partial charge on any atom is 0.329 e. The summed E-state index contributed by atoms with van der Waals surface area (Å²) in [7, 11) is 0. The molecule has 1 fully saturated rings. The summed E-state index contributed by atoms with van der Waals surface area (Å²) in [5, 5.41) is 0.361. The summed E-state index contributed by atoms with van der Waals surface area (Å²) in [4.78, 5) is 40.8. The summed E-state index contributed by atoms with van der Waals surface area (Å²) in [6.07, 6.45) is -0.451. The zero-order chi connectivity index (χ0) is 20.5. The first kappa shape index (κ1) is 19.0. The van der Waals surface area contributed by atoms with Gasteiger partial charge in [0.2, 0.25) is 0 Å². The number of amides is 1. The summed E-state index contributed by atoms with van der Waals surface area (Å²) >= 11 is 0. The van der Waals surface area contributed by atoms with E-state index in [1.165, 1.54) is 27.7 Å². The molecular formula is C21H19F2N3O3. The first-order chi connectivity index (χ1) is 13.9. The van der Waals surface area contributed by atoms with Crippen molar-refractivity contribution < 1.29 is 13.6 Å². The number of halogens is 2. The van der Waals surface area contributed by atoms with Gasteiger partial charge in [-0.05, 0) is 42.7 Å². The van der Waals surface area contributed by atoms with Crippen molar-refractivity contribution in [2.75, 3.05) is 13.1 Å². The second-order valence-electron chi connectivity index (χ2n) is 7.14. The smallest absolute Gasteiger partial charge is 0.329 e. The third-order valence-electron chi connectivity index (χ3n) is 5.22. The highest BCUT2D eigenvalue weighted by Crippen LogP contribution is 2.19. The average Bonchev–Trinajstić information content (AvgIpc) is 2.72. The van der Waals surface area contributed by atoms with E-state index < -0.39 is 29.1 Å². The Kier molecular flexibility index (Phi) is 5.00. The number of H-pyrrole nitrogens is 1. The number of para-hydroxylation sites is 1. The molecule has 150 valence electrons. The number of hydrogen-bond acceptors (Lipinski definition) is 3. The van der Waals surface area contributed by atoms with Crippen LogP contribution < -0.4 is 11.2 Å². The maximum absolute atomic E-state index is 14.3. The molecule has 0 bridgehead atoms. The highest BCUT2D eigenvalue weighted by Gasteiger charge is 2.25. The van der Waals surface area contributed by atoms with Crippen molar-refractivity contribution in [1.29, 1.82) is 0 Å². The van der Waals surface area contributed by atoms with Gasteiger partial charge in [-0.15, -0.1) is 0 Å².